The molecule has 0 radical (unpaired) electrons. The van der Waals surface area contributed by atoms with Crippen LogP contribution in [0.3, 0.4) is 0 Å². The maximum absolute atomic E-state index is 10.3. The number of rotatable bonds is 7. The van der Waals surface area contributed by atoms with Crippen LogP contribution in [0, 0.1) is 19.8 Å². The van der Waals surface area contributed by atoms with E-state index in [1.54, 1.807) is 0 Å². The normalized spacial score (nSPS) is 13.9. The number of carbonyl (C=O) groups excluding carboxylic acids is 2. The molecule has 3 heteroatoms. The molecular formula is C37H59NO2. The Morgan fingerprint density at radius 3 is 1.98 bits per heavy atom. The van der Waals surface area contributed by atoms with E-state index in [1.165, 1.54) is 98.9 Å². The Hall–Kier alpha value is -2.55. The van der Waals surface area contributed by atoms with E-state index in [2.05, 4.69) is 71.3 Å². The van der Waals surface area contributed by atoms with Crippen LogP contribution >= 0.6 is 0 Å². The standard InChI is InChI=1S/C16H17N.C8H14O.C6H10O.C4H10.C3H8/c1-11-8-15(13-5-6-13)9-16(12(11)2)14-4-3-7-17-10-14;9-7-6-8-4-2-1-3-5-8;1-4-5(2)6(3)7;1-3-4-2;1-3-2/h3-4,7-10,13H,5-6H2,1-2H3;7-8H,1-6H2;2,4H2,1,3H3;3-4H2,1-2H3;3H2,1-2H3. The molecule has 2 aliphatic rings. The van der Waals surface area contributed by atoms with Gasteiger partial charge in [0.2, 0.25) is 0 Å². The molecule has 2 aliphatic carbocycles. The maximum Gasteiger partial charge on any atom is 0.155 e. The van der Waals surface area contributed by atoms with Gasteiger partial charge in [-0.1, -0.05) is 111 Å². The summed E-state index contributed by atoms with van der Waals surface area (Å²) in [4.78, 5) is 24.6. The Labute approximate surface area is 247 Å². The minimum atomic E-state index is 0.0995. The molecule has 40 heavy (non-hydrogen) atoms. The monoisotopic (exact) mass is 549 g/mol. The number of nitrogens with zero attached hydrogens (tertiary/aromatic N) is 1. The highest BCUT2D eigenvalue weighted by molar-refractivity contribution is 5.92. The molecule has 3 nitrogen and oxygen atoms in total. The molecule has 0 amide bonds. The predicted molar refractivity (Wildman–Crippen MR) is 175 cm³/mol. The summed E-state index contributed by atoms with van der Waals surface area (Å²) >= 11 is 0. The van der Waals surface area contributed by atoms with Gasteiger partial charge in [0, 0.05) is 24.4 Å². The Bertz CT molecular complexity index is 952. The topological polar surface area (TPSA) is 47.0 Å². The first-order valence-corrected chi connectivity index (χ1v) is 15.8. The van der Waals surface area contributed by atoms with Gasteiger partial charge in [0.15, 0.2) is 5.78 Å². The SMILES string of the molecule is C=C(CC)C(C)=O.CCC.CCCC.Cc1cc(C2CC2)cc(-c2cccnc2)c1C.O=CCC1CCCCC1. The number of Topliss-reactive ketones (excluding diaryl/α,β-unsaturated/α-hetero) is 1. The summed E-state index contributed by atoms with van der Waals surface area (Å²) in [5.41, 5.74) is 7.57. The zero-order chi connectivity index (χ0) is 30.3. The van der Waals surface area contributed by atoms with E-state index in [1.807, 2.05) is 25.4 Å². The first-order chi connectivity index (χ1) is 19.2. The first kappa shape index (κ1) is 37.5. The van der Waals surface area contributed by atoms with E-state index in [0.717, 1.165) is 31.0 Å². The highest BCUT2D eigenvalue weighted by atomic mass is 16.1. The highest BCUT2D eigenvalue weighted by Gasteiger charge is 2.24. The number of unbranched alkanes of at least 4 members (excludes halogenated alkanes) is 1. The number of aryl methyl sites for hydroxylation is 1. The minimum absolute atomic E-state index is 0.0995. The molecule has 2 aromatic rings. The summed E-state index contributed by atoms with van der Waals surface area (Å²) in [5, 5.41) is 0. The third kappa shape index (κ3) is 16.5. The van der Waals surface area contributed by atoms with E-state index in [0.29, 0.717) is 5.57 Å². The van der Waals surface area contributed by atoms with E-state index in [9.17, 15) is 9.59 Å². The van der Waals surface area contributed by atoms with Gasteiger partial charge in [-0.3, -0.25) is 9.78 Å². The van der Waals surface area contributed by atoms with Crippen LogP contribution in [0.2, 0.25) is 0 Å². The van der Waals surface area contributed by atoms with Crippen molar-refractivity contribution < 1.29 is 9.59 Å². The van der Waals surface area contributed by atoms with Crippen molar-refractivity contribution in [3.05, 3.63) is 65.5 Å². The second kappa shape index (κ2) is 23.2. The van der Waals surface area contributed by atoms with Crippen molar-refractivity contribution >= 4 is 12.1 Å². The molecule has 4 rings (SSSR count). The lowest BCUT2D eigenvalue weighted by molar-refractivity contribution is -0.113. The average Bonchev–Trinajstić information content (AvgIpc) is 3.82. The number of aldehydes is 1. The lowest BCUT2D eigenvalue weighted by Crippen LogP contribution is -2.05. The van der Waals surface area contributed by atoms with Crippen LogP contribution in [0.15, 0.2) is 48.8 Å². The summed E-state index contributed by atoms with van der Waals surface area (Å²) in [7, 11) is 0. The number of pyridine rings is 1. The molecule has 0 unspecified atom stereocenters. The molecule has 0 aliphatic heterocycles. The van der Waals surface area contributed by atoms with E-state index in [4.69, 9.17) is 0 Å². The molecule has 2 fully saturated rings. The molecule has 0 N–H and O–H groups in total. The smallest absolute Gasteiger partial charge is 0.155 e. The zero-order valence-electron chi connectivity index (χ0n) is 27.2. The predicted octanol–water partition coefficient (Wildman–Crippen LogP) is 11.2. The third-order valence-electron chi connectivity index (χ3n) is 7.29. The number of allylic oxidation sites excluding steroid dienone is 1. The van der Waals surface area contributed by atoms with Crippen molar-refractivity contribution in [1.29, 1.82) is 0 Å². The third-order valence-corrected chi connectivity index (χ3v) is 7.29. The van der Waals surface area contributed by atoms with Gasteiger partial charge < -0.3 is 4.79 Å². The van der Waals surface area contributed by atoms with Crippen LogP contribution in [0.4, 0.5) is 0 Å². The molecular weight excluding hydrogens is 490 g/mol. The van der Waals surface area contributed by atoms with Crippen LogP contribution in [-0.4, -0.2) is 17.1 Å². The maximum atomic E-state index is 10.3. The van der Waals surface area contributed by atoms with Crippen LogP contribution in [0.25, 0.3) is 11.1 Å². The van der Waals surface area contributed by atoms with Crippen molar-refractivity contribution in [3.8, 4) is 11.1 Å². The van der Waals surface area contributed by atoms with Gasteiger partial charge >= 0.3 is 0 Å². The van der Waals surface area contributed by atoms with Gasteiger partial charge in [-0.25, -0.2) is 0 Å². The van der Waals surface area contributed by atoms with Crippen LogP contribution in [-0.2, 0) is 9.59 Å². The van der Waals surface area contributed by atoms with Crippen LogP contribution in [0.5, 0.6) is 0 Å². The molecule has 224 valence electrons. The van der Waals surface area contributed by atoms with Crippen LogP contribution < -0.4 is 0 Å². The Morgan fingerprint density at radius 1 is 0.975 bits per heavy atom. The molecule has 0 saturated heterocycles. The lowest BCUT2D eigenvalue weighted by atomic mass is 9.87. The highest BCUT2D eigenvalue weighted by Crippen LogP contribution is 2.42. The molecule has 1 aromatic carbocycles. The molecule has 0 bridgehead atoms. The van der Waals surface area contributed by atoms with Crippen molar-refractivity contribution in [3.63, 3.8) is 0 Å². The number of aromatic nitrogens is 1. The Kier molecular flexibility index (Phi) is 21.7. The fourth-order valence-electron chi connectivity index (χ4n) is 4.17. The largest absolute Gasteiger partial charge is 0.303 e. The summed E-state index contributed by atoms with van der Waals surface area (Å²) in [5.74, 6) is 1.64. The Morgan fingerprint density at radius 2 is 1.57 bits per heavy atom. The van der Waals surface area contributed by atoms with Crippen molar-refractivity contribution in [2.24, 2.45) is 5.92 Å². The van der Waals surface area contributed by atoms with Crippen molar-refractivity contribution in [2.75, 3.05) is 0 Å². The number of hydrogen-bond acceptors (Lipinski definition) is 3. The minimum Gasteiger partial charge on any atom is -0.303 e. The zero-order valence-corrected chi connectivity index (χ0v) is 27.2. The van der Waals surface area contributed by atoms with Crippen molar-refractivity contribution in [1.82, 2.24) is 4.98 Å². The number of benzene rings is 1. The lowest BCUT2D eigenvalue weighted by Gasteiger charge is -2.18. The summed E-state index contributed by atoms with van der Waals surface area (Å²) < 4.78 is 0. The quantitative estimate of drug-likeness (QED) is 0.255. The summed E-state index contributed by atoms with van der Waals surface area (Å²) in [6.07, 6.45) is 19.7. The number of hydrogen-bond donors (Lipinski definition) is 0. The van der Waals surface area contributed by atoms with E-state index < -0.39 is 0 Å². The molecule has 0 spiro atoms. The van der Waals surface area contributed by atoms with Gasteiger partial charge in [-0.15, -0.1) is 0 Å². The van der Waals surface area contributed by atoms with Gasteiger partial charge in [0.1, 0.15) is 6.29 Å². The van der Waals surface area contributed by atoms with E-state index >= 15 is 0 Å². The van der Waals surface area contributed by atoms with Crippen molar-refractivity contribution in [2.45, 2.75) is 138 Å². The van der Waals surface area contributed by atoms with Crippen LogP contribution in [0.1, 0.15) is 141 Å². The van der Waals surface area contributed by atoms with Gasteiger partial charge in [0.25, 0.3) is 0 Å². The number of carbonyl (C=O) groups is 2. The Balaban J connectivity index is 0.000000560. The second-order valence-electron chi connectivity index (χ2n) is 11.2. The van der Waals surface area contributed by atoms with E-state index in [-0.39, 0.29) is 5.78 Å². The first-order valence-electron chi connectivity index (χ1n) is 15.8. The van der Waals surface area contributed by atoms with Gasteiger partial charge in [-0.05, 0) is 85.8 Å². The molecule has 1 aromatic heterocycles. The molecule has 0 atom stereocenters. The molecule has 2 saturated carbocycles. The fraction of sp³-hybridized carbons (Fsp3) is 0.595. The van der Waals surface area contributed by atoms with Gasteiger partial charge in [0.05, 0.1) is 0 Å². The van der Waals surface area contributed by atoms with Gasteiger partial charge in [-0.2, -0.15) is 0 Å². The fourth-order valence-corrected chi connectivity index (χ4v) is 4.17. The molecule has 1 heterocycles. The second-order valence-corrected chi connectivity index (χ2v) is 11.2. The average molecular weight is 550 g/mol. The summed E-state index contributed by atoms with van der Waals surface area (Å²) in [6.45, 7) is 20.0. The number of ketones is 1. The summed E-state index contributed by atoms with van der Waals surface area (Å²) in [6, 6.07) is 8.86.